The molecule has 1 aromatic heterocycles. The van der Waals surface area contributed by atoms with Gasteiger partial charge < -0.3 is 20.2 Å². The number of carbonyl (C=O) groups excluding carboxylic acids is 1. The monoisotopic (exact) mass is 539 g/mol. The minimum absolute atomic E-state index is 0.0607. The van der Waals surface area contributed by atoms with Crippen LogP contribution in [-0.2, 0) is 14.8 Å². The minimum Gasteiger partial charge on any atom is -0.491 e. The van der Waals surface area contributed by atoms with E-state index in [1.165, 1.54) is 10.4 Å². The molecule has 1 aliphatic heterocycles. The van der Waals surface area contributed by atoms with E-state index < -0.39 is 22.0 Å². The molecular formula is C27H26ClN3O5S. The fourth-order valence-corrected chi connectivity index (χ4v) is 6.49. The molecular weight excluding hydrogens is 514 g/mol. The number of hydrogen-bond donors (Lipinski definition) is 2. The Bertz CT molecular complexity index is 1570. The van der Waals surface area contributed by atoms with Crippen LogP contribution in [0, 0.1) is 6.92 Å². The van der Waals surface area contributed by atoms with Gasteiger partial charge in [-0.3, -0.25) is 4.79 Å². The van der Waals surface area contributed by atoms with Crippen molar-refractivity contribution >= 4 is 38.4 Å². The lowest BCUT2D eigenvalue weighted by molar-refractivity contribution is -0.0249. The topological polar surface area (TPSA) is 115 Å². The number of benzene rings is 3. The maximum atomic E-state index is 13.7. The molecule has 0 aliphatic carbocycles. The summed E-state index contributed by atoms with van der Waals surface area (Å²) in [6.07, 6.45) is -0.504. The predicted molar refractivity (Wildman–Crippen MR) is 142 cm³/mol. The molecule has 2 heterocycles. The van der Waals surface area contributed by atoms with Crippen molar-refractivity contribution in [3.05, 3.63) is 83.0 Å². The molecule has 0 saturated carbocycles. The molecule has 1 fully saturated rings. The first-order valence-electron chi connectivity index (χ1n) is 11.8. The Morgan fingerprint density at radius 2 is 1.95 bits per heavy atom. The number of ether oxygens (including phenoxy) is 2. The molecule has 1 amide bonds. The molecule has 0 bridgehead atoms. The van der Waals surface area contributed by atoms with Gasteiger partial charge in [-0.2, -0.15) is 4.31 Å². The van der Waals surface area contributed by atoms with Crippen LogP contribution in [-0.4, -0.2) is 56.0 Å². The number of primary amides is 1. The van der Waals surface area contributed by atoms with Crippen LogP contribution in [0.15, 0.2) is 71.6 Å². The van der Waals surface area contributed by atoms with Crippen molar-refractivity contribution in [1.29, 1.82) is 0 Å². The third kappa shape index (κ3) is 5.08. The summed E-state index contributed by atoms with van der Waals surface area (Å²) in [6, 6.07) is 20.6. The zero-order chi connectivity index (χ0) is 26.2. The van der Waals surface area contributed by atoms with Gasteiger partial charge in [0, 0.05) is 29.0 Å². The second kappa shape index (κ2) is 10.2. The molecule has 0 unspecified atom stereocenters. The number of rotatable bonds is 7. The van der Waals surface area contributed by atoms with Crippen molar-refractivity contribution in [3.63, 3.8) is 0 Å². The fourth-order valence-electron chi connectivity index (χ4n) is 4.53. The Morgan fingerprint density at radius 1 is 1.16 bits per heavy atom. The van der Waals surface area contributed by atoms with Crippen molar-refractivity contribution in [2.24, 2.45) is 5.73 Å². The summed E-state index contributed by atoms with van der Waals surface area (Å²) in [6.45, 7) is 2.58. The van der Waals surface area contributed by atoms with Gasteiger partial charge in [0.15, 0.2) is 0 Å². The third-order valence-corrected chi connectivity index (χ3v) is 8.57. The highest BCUT2D eigenvalue weighted by molar-refractivity contribution is 7.89. The van der Waals surface area contributed by atoms with Gasteiger partial charge >= 0.3 is 0 Å². The maximum Gasteiger partial charge on any atom is 0.266 e. The van der Waals surface area contributed by atoms with E-state index >= 15 is 0 Å². The number of nitrogens with zero attached hydrogens (tertiary/aromatic N) is 1. The van der Waals surface area contributed by atoms with Gasteiger partial charge in [0.25, 0.3) is 5.91 Å². The van der Waals surface area contributed by atoms with Crippen molar-refractivity contribution in [2.75, 3.05) is 26.3 Å². The number of amides is 1. The first-order valence-corrected chi connectivity index (χ1v) is 13.6. The molecule has 1 saturated heterocycles. The molecule has 0 spiro atoms. The van der Waals surface area contributed by atoms with Crippen LogP contribution in [0.4, 0.5) is 0 Å². The first-order chi connectivity index (χ1) is 17.7. The lowest BCUT2D eigenvalue weighted by Crippen LogP contribution is -2.47. The number of hydrogen-bond acceptors (Lipinski definition) is 5. The molecule has 8 nitrogen and oxygen atoms in total. The fraction of sp³-hybridized carbons (Fsp3) is 0.222. The second-order valence-electron chi connectivity index (χ2n) is 8.89. The maximum absolute atomic E-state index is 13.7. The number of morpholine rings is 1. The largest absolute Gasteiger partial charge is 0.491 e. The Balaban J connectivity index is 1.36. The molecule has 192 valence electrons. The van der Waals surface area contributed by atoms with E-state index in [0.717, 1.165) is 16.7 Å². The molecule has 10 heteroatoms. The lowest BCUT2D eigenvalue weighted by Gasteiger charge is -2.32. The average Bonchev–Trinajstić information content (AvgIpc) is 3.29. The molecule has 1 aliphatic rings. The summed E-state index contributed by atoms with van der Waals surface area (Å²) >= 11 is 6.12. The quantitative estimate of drug-likeness (QED) is 0.362. The summed E-state index contributed by atoms with van der Waals surface area (Å²) in [4.78, 5) is 14.8. The Hall–Kier alpha value is -3.37. The summed E-state index contributed by atoms with van der Waals surface area (Å²) < 4.78 is 40.6. The number of sulfonamides is 1. The van der Waals surface area contributed by atoms with Crippen molar-refractivity contribution in [1.82, 2.24) is 9.29 Å². The average molecular weight is 540 g/mol. The van der Waals surface area contributed by atoms with Crippen LogP contribution in [0.3, 0.4) is 0 Å². The van der Waals surface area contributed by atoms with Gasteiger partial charge in [0.1, 0.15) is 29.0 Å². The number of fused-ring (bicyclic) bond motifs is 1. The van der Waals surface area contributed by atoms with Crippen LogP contribution in [0.25, 0.3) is 22.0 Å². The third-order valence-electron chi connectivity index (χ3n) is 6.39. The van der Waals surface area contributed by atoms with Crippen LogP contribution in [0.2, 0.25) is 5.02 Å². The van der Waals surface area contributed by atoms with Crippen LogP contribution >= 0.6 is 11.6 Å². The molecule has 5 rings (SSSR count). The van der Waals surface area contributed by atoms with E-state index in [0.29, 0.717) is 21.7 Å². The zero-order valence-corrected chi connectivity index (χ0v) is 21.7. The number of carbonyl (C=O) groups is 1. The molecule has 1 atom stereocenters. The molecule has 37 heavy (non-hydrogen) atoms. The van der Waals surface area contributed by atoms with Crippen LogP contribution < -0.4 is 10.5 Å². The van der Waals surface area contributed by atoms with E-state index in [2.05, 4.69) is 4.98 Å². The molecule has 4 aromatic rings. The van der Waals surface area contributed by atoms with E-state index in [1.807, 2.05) is 55.5 Å². The highest BCUT2D eigenvalue weighted by atomic mass is 35.5. The second-order valence-corrected chi connectivity index (χ2v) is 11.2. The number of nitrogens with two attached hydrogens (primary N) is 1. The first kappa shape index (κ1) is 25.3. The number of H-pyrrole nitrogens is 1. The van der Waals surface area contributed by atoms with Gasteiger partial charge in [-0.15, -0.1) is 0 Å². The number of aromatic nitrogens is 1. The van der Waals surface area contributed by atoms with E-state index in [-0.39, 0.29) is 36.9 Å². The zero-order valence-electron chi connectivity index (χ0n) is 20.1. The molecule has 3 aromatic carbocycles. The van der Waals surface area contributed by atoms with Crippen LogP contribution in [0.5, 0.6) is 5.75 Å². The van der Waals surface area contributed by atoms with E-state index in [1.54, 1.807) is 12.1 Å². The summed E-state index contributed by atoms with van der Waals surface area (Å²) in [5.41, 5.74) is 9.06. The highest BCUT2D eigenvalue weighted by Crippen LogP contribution is 2.32. The summed E-state index contributed by atoms with van der Waals surface area (Å²) in [5, 5.41) is 0.661. The highest BCUT2D eigenvalue weighted by Gasteiger charge is 2.36. The number of halogens is 1. The van der Waals surface area contributed by atoms with Crippen LogP contribution in [0.1, 0.15) is 16.1 Å². The van der Waals surface area contributed by atoms with Crippen molar-refractivity contribution in [3.8, 4) is 16.9 Å². The summed E-state index contributed by atoms with van der Waals surface area (Å²) in [5.74, 6) is -0.206. The number of aromatic amines is 1. The van der Waals surface area contributed by atoms with E-state index in [9.17, 15) is 13.2 Å². The number of aryl methyl sites for hydroxylation is 1. The normalized spacial score (nSPS) is 16.6. The smallest absolute Gasteiger partial charge is 0.266 e. The van der Waals surface area contributed by atoms with Gasteiger partial charge in [-0.1, -0.05) is 48.0 Å². The lowest BCUT2D eigenvalue weighted by atomic mass is 10.0. The SMILES string of the molecule is Cc1ccc(OC[C@@H]2CN(S(=O)(=O)c3c(C(N)=O)[nH]c4ccc(Cl)cc34)CCO2)cc1-c1ccccc1. The standard InChI is InChI=1S/C27H26ClN3O5S/c1-17-7-9-20(14-22(17)18-5-3-2-4-6-18)36-16-21-15-31(11-12-35-21)37(33,34)26-23-13-19(28)8-10-24(23)30-25(26)27(29)32/h2-10,13-14,21,30H,11-12,15-16H2,1H3,(H2,29,32)/t21-/m0/s1. The van der Waals surface area contributed by atoms with Gasteiger partial charge in [-0.05, 0) is 53.9 Å². The van der Waals surface area contributed by atoms with Crippen molar-refractivity contribution < 1.29 is 22.7 Å². The Morgan fingerprint density at radius 3 is 2.70 bits per heavy atom. The minimum atomic E-state index is -4.09. The Labute approximate surface area is 220 Å². The summed E-state index contributed by atoms with van der Waals surface area (Å²) in [7, 11) is -4.09. The Kier molecular flexibility index (Phi) is 6.96. The van der Waals surface area contributed by atoms with Gasteiger partial charge in [0.05, 0.1) is 6.61 Å². The van der Waals surface area contributed by atoms with Crippen molar-refractivity contribution in [2.45, 2.75) is 17.9 Å². The van der Waals surface area contributed by atoms with Gasteiger partial charge in [-0.25, -0.2) is 8.42 Å². The number of nitrogens with one attached hydrogen (secondary N) is 1. The molecule has 3 N–H and O–H groups in total. The van der Waals surface area contributed by atoms with Gasteiger partial charge in [0.2, 0.25) is 10.0 Å². The van der Waals surface area contributed by atoms with E-state index in [4.69, 9.17) is 26.8 Å². The predicted octanol–water partition coefficient (Wildman–Crippen LogP) is 4.36. The molecule has 0 radical (unpaired) electrons.